The summed E-state index contributed by atoms with van der Waals surface area (Å²) in [7, 11) is 0. The molecule has 0 unspecified atom stereocenters. The van der Waals surface area contributed by atoms with Gasteiger partial charge in [0.2, 0.25) is 5.91 Å². The number of rotatable bonds is 10. The third kappa shape index (κ3) is 6.50. The van der Waals surface area contributed by atoms with E-state index in [4.69, 9.17) is 5.73 Å². The maximum absolute atomic E-state index is 13.6. The molecular weight excluding hydrogens is 454 g/mol. The van der Waals surface area contributed by atoms with Gasteiger partial charge in [0.15, 0.2) is 0 Å². The summed E-state index contributed by atoms with van der Waals surface area (Å²) in [6, 6.07) is 23.0. The number of aryl methyl sites for hydroxylation is 1. The van der Waals surface area contributed by atoms with Crippen molar-refractivity contribution in [1.29, 1.82) is 0 Å². The molecule has 1 aromatic heterocycles. The molecule has 35 heavy (non-hydrogen) atoms. The highest BCUT2D eigenvalue weighted by Gasteiger charge is 2.47. The molecule has 4 atom stereocenters. The van der Waals surface area contributed by atoms with Crippen LogP contribution in [0.3, 0.4) is 0 Å². The van der Waals surface area contributed by atoms with Crippen LogP contribution in [0.5, 0.6) is 0 Å². The van der Waals surface area contributed by atoms with Crippen LogP contribution in [0.15, 0.2) is 72.9 Å². The minimum absolute atomic E-state index is 0. The van der Waals surface area contributed by atoms with E-state index < -0.39 is 0 Å². The number of anilines is 1. The number of aromatic nitrogens is 1. The Morgan fingerprint density at radius 3 is 2.26 bits per heavy atom. The van der Waals surface area contributed by atoms with Crippen molar-refractivity contribution < 1.29 is 4.79 Å². The lowest BCUT2D eigenvalue weighted by Gasteiger charge is -2.29. The predicted molar refractivity (Wildman–Crippen MR) is 148 cm³/mol. The highest BCUT2D eigenvalue weighted by Crippen LogP contribution is 2.48. The van der Waals surface area contributed by atoms with Crippen LogP contribution in [0.1, 0.15) is 57.2 Å². The molecule has 2 N–H and O–H groups in total. The molecule has 186 valence electrons. The van der Waals surface area contributed by atoms with Crippen LogP contribution >= 0.6 is 12.4 Å². The van der Waals surface area contributed by atoms with Gasteiger partial charge in [0.05, 0.1) is 0 Å². The van der Waals surface area contributed by atoms with Crippen molar-refractivity contribution in [1.82, 2.24) is 4.98 Å². The van der Waals surface area contributed by atoms with Crippen LogP contribution in [0.2, 0.25) is 0 Å². The second kappa shape index (κ2) is 12.3. The number of benzene rings is 2. The average Bonchev–Trinajstić information content (AvgIpc) is 3.69. The number of carbonyl (C=O) groups is 1. The van der Waals surface area contributed by atoms with E-state index in [9.17, 15) is 4.79 Å². The Kier molecular flexibility index (Phi) is 9.47. The van der Waals surface area contributed by atoms with Crippen LogP contribution in [0, 0.1) is 11.8 Å². The molecule has 0 bridgehead atoms. The normalized spacial score (nSPS) is 18.3. The first-order valence-electron chi connectivity index (χ1n) is 12.7. The molecule has 2 aromatic carbocycles. The standard InChI is InChI=1S/C30H37N3O.ClH/c1-4-8-22-10-12-23(13-11-22)24-14-16-25(17-15-24)33(20-28(31)21(3)5-2)30(34)27-19-26(27)29-9-6-7-18-32-29;/h6-7,9-18,21,26-28H,4-5,8,19-20,31H2,1-3H3;1H/t21-,26-,27-,28+;/m0./s1. The van der Waals surface area contributed by atoms with E-state index in [1.165, 1.54) is 11.1 Å². The van der Waals surface area contributed by atoms with Crippen LogP contribution in [-0.4, -0.2) is 23.5 Å². The van der Waals surface area contributed by atoms with Crippen LogP contribution < -0.4 is 10.6 Å². The van der Waals surface area contributed by atoms with E-state index in [-0.39, 0.29) is 36.2 Å². The van der Waals surface area contributed by atoms with Gasteiger partial charge in [0, 0.05) is 42.0 Å². The zero-order chi connectivity index (χ0) is 24.1. The lowest BCUT2D eigenvalue weighted by Crippen LogP contribution is -2.45. The van der Waals surface area contributed by atoms with E-state index >= 15 is 0 Å². The molecule has 0 radical (unpaired) electrons. The Morgan fingerprint density at radius 1 is 1.03 bits per heavy atom. The first-order valence-corrected chi connectivity index (χ1v) is 12.7. The topological polar surface area (TPSA) is 59.2 Å². The number of nitrogens with zero attached hydrogens (tertiary/aromatic N) is 2. The fourth-order valence-electron chi connectivity index (χ4n) is 4.59. The average molecular weight is 492 g/mol. The second-order valence-corrected chi connectivity index (χ2v) is 9.70. The van der Waals surface area contributed by atoms with Crippen molar-refractivity contribution in [3.8, 4) is 11.1 Å². The number of carbonyl (C=O) groups excluding carboxylic acids is 1. The maximum Gasteiger partial charge on any atom is 0.230 e. The number of halogens is 1. The van der Waals surface area contributed by atoms with Gasteiger partial charge in [-0.25, -0.2) is 0 Å². The molecule has 1 aliphatic carbocycles. The van der Waals surface area contributed by atoms with Crippen molar-refractivity contribution in [2.24, 2.45) is 17.6 Å². The quantitative estimate of drug-likeness (QED) is 0.346. The number of hydrogen-bond donors (Lipinski definition) is 1. The Balaban J connectivity index is 0.00000342. The number of hydrogen-bond acceptors (Lipinski definition) is 3. The molecule has 3 aromatic rings. The number of pyridine rings is 1. The zero-order valence-electron chi connectivity index (χ0n) is 21.1. The monoisotopic (exact) mass is 491 g/mol. The molecule has 1 aliphatic rings. The molecule has 0 spiro atoms. The van der Waals surface area contributed by atoms with Gasteiger partial charge in [-0.3, -0.25) is 9.78 Å². The molecule has 1 amide bonds. The second-order valence-electron chi connectivity index (χ2n) is 9.70. The van der Waals surface area contributed by atoms with E-state index in [1.54, 1.807) is 6.20 Å². The number of nitrogens with two attached hydrogens (primary N) is 1. The van der Waals surface area contributed by atoms with Gasteiger partial charge in [-0.05, 0) is 59.7 Å². The molecule has 1 fully saturated rings. The Hall–Kier alpha value is -2.69. The maximum atomic E-state index is 13.6. The van der Waals surface area contributed by atoms with Gasteiger partial charge in [-0.15, -0.1) is 12.4 Å². The molecular formula is C30H38ClN3O. The summed E-state index contributed by atoms with van der Waals surface area (Å²) in [5.74, 6) is 0.690. The Labute approximate surface area is 216 Å². The van der Waals surface area contributed by atoms with Gasteiger partial charge in [0.25, 0.3) is 0 Å². The third-order valence-corrected chi connectivity index (χ3v) is 7.21. The lowest BCUT2D eigenvalue weighted by molar-refractivity contribution is -0.120. The third-order valence-electron chi connectivity index (χ3n) is 7.21. The van der Waals surface area contributed by atoms with Gasteiger partial charge in [-0.1, -0.05) is 76.1 Å². The zero-order valence-corrected chi connectivity index (χ0v) is 21.9. The van der Waals surface area contributed by atoms with Crippen molar-refractivity contribution in [3.05, 3.63) is 84.2 Å². The smallest absolute Gasteiger partial charge is 0.230 e. The summed E-state index contributed by atoms with van der Waals surface area (Å²) in [5, 5.41) is 0. The van der Waals surface area contributed by atoms with Crippen LogP contribution in [0.25, 0.3) is 11.1 Å². The molecule has 4 nitrogen and oxygen atoms in total. The van der Waals surface area contributed by atoms with E-state index in [1.807, 2.05) is 23.1 Å². The van der Waals surface area contributed by atoms with E-state index in [2.05, 4.69) is 74.3 Å². The van der Waals surface area contributed by atoms with Gasteiger partial charge in [-0.2, -0.15) is 0 Å². The minimum atomic E-state index is -0.0632. The SMILES string of the molecule is CCCc1ccc(-c2ccc(N(C[C@@H](N)[C@@H](C)CC)C(=O)[C@H]3C[C@@H]3c3ccccn3)cc2)cc1.Cl. The van der Waals surface area contributed by atoms with Gasteiger partial charge < -0.3 is 10.6 Å². The fraction of sp³-hybridized carbons (Fsp3) is 0.400. The molecule has 5 heteroatoms. The molecule has 0 aliphatic heterocycles. The van der Waals surface area contributed by atoms with E-state index in [0.717, 1.165) is 42.6 Å². The summed E-state index contributed by atoms with van der Waals surface area (Å²) in [6.45, 7) is 7.04. The highest BCUT2D eigenvalue weighted by molar-refractivity contribution is 5.97. The van der Waals surface area contributed by atoms with Crippen LogP contribution in [-0.2, 0) is 11.2 Å². The molecule has 1 heterocycles. The summed E-state index contributed by atoms with van der Waals surface area (Å²) in [5.41, 5.74) is 12.2. The van der Waals surface area contributed by atoms with Crippen molar-refractivity contribution in [2.75, 3.05) is 11.4 Å². The van der Waals surface area contributed by atoms with Gasteiger partial charge >= 0.3 is 0 Å². The minimum Gasteiger partial charge on any atom is -0.326 e. The first kappa shape index (κ1) is 26.9. The lowest BCUT2D eigenvalue weighted by atomic mass is 9.98. The Bertz CT molecular complexity index is 1070. The highest BCUT2D eigenvalue weighted by atomic mass is 35.5. The summed E-state index contributed by atoms with van der Waals surface area (Å²) >= 11 is 0. The van der Waals surface area contributed by atoms with Crippen molar-refractivity contribution in [3.63, 3.8) is 0 Å². The molecule has 4 rings (SSSR count). The van der Waals surface area contributed by atoms with Crippen LogP contribution in [0.4, 0.5) is 5.69 Å². The number of amides is 1. The predicted octanol–water partition coefficient (Wildman–Crippen LogP) is 6.63. The summed E-state index contributed by atoms with van der Waals surface area (Å²) in [4.78, 5) is 20.0. The summed E-state index contributed by atoms with van der Waals surface area (Å²) in [6.07, 6.45) is 5.91. The van der Waals surface area contributed by atoms with E-state index in [0.29, 0.717) is 12.5 Å². The summed E-state index contributed by atoms with van der Waals surface area (Å²) < 4.78 is 0. The van der Waals surface area contributed by atoms with Gasteiger partial charge in [0.1, 0.15) is 0 Å². The fourth-order valence-corrected chi connectivity index (χ4v) is 4.59. The molecule has 1 saturated carbocycles. The largest absolute Gasteiger partial charge is 0.326 e. The molecule has 0 saturated heterocycles. The first-order chi connectivity index (χ1) is 16.5. The van der Waals surface area contributed by atoms with Crippen molar-refractivity contribution >= 4 is 24.0 Å². The van der Waals surface area contributed by atoms with Crippen molar-refractivity contribution in [2.45, 2.75) is 58.4 Å². The Morgan fingerprint density at radius 2 is 1.69 bits per heavy atom.